The number of nitrogens with two attached hydrogens (primary N) is 1. The molecule has 2 aliphatic rings. The fourth-order valence-electron chi connectivity index (χ4n) is 3.94. The molecule has 1 aliphatic heterocycles. The Morgan fingerprint density at radius 3 is 2.67 bits per heavy atom. The third-order valence-corrected chi connectivity index (χ3v) is 5.25. The van der Waals surface area contributed by atoms with E-state index < -0.39 is 0 Å². The second-order valence-electron chi connectivity index (χ2n) is 6.42. The van der Waals surface area contributed by atoms with Crippen molar-refractivity contribution in [3.63, 3.8) is 0 Å². The molecule has 1 aliphatic carbocycles. The van der Waals surface area contributed by atoms with Gasteiger partial charge in [-0.1, -0.05) is 39.5 Å². The summed E-state index contributed by atoms with van der Waals surface area (Å²) in [4.78, 5) is 0. The van der Waals surface area contributed by atoms with Crippen LogP contribution in [0.15, 0.2) is 0 Å². The summed E-state index contributed by atoms with van der Waals surface area (Å²) in [6.45, 7) is 5.50. The first kappa shape index (κ1) is 14.3. The van der Waals surface area contributed by atoms with Crippen LogP contribution in [0.3, 0.4) is 0 Å². The van der Waals surface area contributed by atoms with E-state index in [9.17, 15) is 0 Å². The largest absolute Gasteiger partial charge is 0.375 e. The molecule has 3 heteroatoms. The minimum Gasteiger partial charge on any atom is -0.375 e. The highest BCUT2D eigenvalue weighted by Crippen LogP contribution is 2.42. The highest BCUT2D eigenvalue weighted by atomic mass is 16.5. The first-order valence-electron chi connectivity index (χ1n) is 7.81. The van der Waals surface area contributed by atoms with Crippen molar-refractivity contribution in [1.29, 1.82) is 0 Å². The fourth-order valence-corrected chi connectivity index (χ4v) is 3.94. The van der Waals surface area contributed by atoms with Gasteiger partial charge in [-0.05, 0) is 37.5 Å². The zero-order chi connectivity index (χ0) is 13.0. The number of nitrogens with one attached hydrogen (secondary N) is 1. The zero-order valence-corrected chi connectivity index (χ0v) is 12.1. The lowest BCUT2D eigenvalue weighted by Gasteiger charge is -2.46. The van der Waals surface area contributed by atoms with Gasteiger partial charge >= 0.3 is 0 Å². The van der Waals surface area contributed by atoms with E-state index in [-0.39, 0.29) is 5.60 Å². The molecule has 2 rings (SSSR count). The molecule has 1 saturated carbocycles. The normalized spacial score (nSPS) is 31.2. The van der Waals surface area contributed by atoms with Gasteiger partial charge in [0.25, 0.3) is 0 Å². The zero-order valence-electron chi connectivity index (χ0n) is 12.1. The van der Waals surface area contributed by atoms with E-state index in [0.29, 0.717) is 17.9 Å². The smallest absolute Gasteiger partial charge is 0.0685 e. The molecule has 106 valence electrons. The Morgan fingerprint density at radius 1 is 1.33 bits per heavy atom. The van der Waals surface area contributed by atoms with E-state index >= 15 is 0 Å². The van der Waals surface area contributed by atoms with Crippen LogP contribution < -0.4 is 11.3 Å². The first-order chi connectivity index (χ1) is 8.71. The summed E-state index contributed by atoms with van der Waals surface area (Å²) in [7, 11) is 0. The molecular weight excluding hydrogens is 224 g/mol. The number of hydrazine groups is 1. The second-order valence-corrected chi connectivity index (χ2v) is 6.42. The van der Waals surface area contributed by atoms with Gasteiger partial charge in [-0.25, -0.2) is 0 Å². The van der Waals surface area contributed by atoms with Gasteiger partial charge in [-0.3, -0.25) is 11.3 Å². The van der Waals surface area contributed by atoms with E-state index in [2.05, 4.69) is 19.3 Å². The summed E-state index contributed by atoms with van der Waals surface area (Å²) in [5, 5.41) is 0. The highest BCUT2D eigenvalue weighted by Gasteiger charge is 2.41. The quantitative estimate of drug-likeness (QED) is 0.599. The van der Waals surface area contributed by atoms with Crippen LogP contribution in [0.25, 0.3) is 0 Å². The van der Waals surface area contributed by atoms with E-state index in [4.69, 9.17) is 10.6 Å². The number of hydrogen-bond donors (Lipinski definition) is 2. The Hall–Kier alpha value is -0.120. The summed E-state index contributed by atoms with van der Waals surface area (Å²) >= 11 is 0. The maximum absolute atomic E-state index is 6.18. The van der Waals surface area contributed by atoms with Gasteiger partial charge in [0.15, 0.2) is 0 Å². The van der Waals surface area contributed by atoms with Crippen molar-refractivity contribution in [3.05, 3.63) is 0 Å². The van der Waals surface area contributed by atoms with Crippen LogP contribution in [0.1, 0.15) is 65.2 Å². The number of hydrogen-bond acceptors (Lipinski definition) is 3. The Balaban J connectivity index is 2.00. The monoisotopic (exact) mass is 254 g/mol. The van der Waals surface area contributed by atoms with Crippen molar-refractivity contribution in [2.45, 2.75) is 76.9 Å². The molecule has 2 fully saturated rings. The predicted octanol–water partition coefficient (Wildman–Crippen LogP) is 2.99. The van der Waals surface area contributed by atoms with Crippen LogP contribution in [0.2, 0.25) is 0 Å². The van der Waals surface area contributed by atoms with Gasteiger partial charge in [-0.2, -0.15) is 0 Å². The molecule has 1 spiro atoms. The average Bonchev–Trinajstić information content (AvgIpc) is 2.40. The van der Waals surface area contributed by atoms with Crippen LogP contribution in [0.5, 0.6) is 0 Å². The van der Waals surface area contributed by atoms with Crippen LogP contribution >= 0.6 is 0 Å². The Morgan fingerprint density at radius 2 is 2.06 bits per heavy atom. The molecule has 18 heavy (non-hydrogen) atoms. The summed E-state index contributed by atoms with van der Waals surface area (Å²) in [6.07, 6.45) is 10.2. The van der Waals surface area contributed by atoms with E-state index in [1.54, 1.807) is 0 Å². The molecule has 0 aromatic rings. The highest BCUT2D eigenvalue weighted by molar-refractivity contribution is 4.93. The molecule has 0 bridgehead atoms. The number of ether oxygens (including phenoxy) is 1. The third kappa shape index (κ3) is 3.06. The molecule has 1 heterocycles. The van der Waals surface area contributed by atoms with Crippen molar-refractivity contribution in [1.82, 2.24) is 5.43 Å². The minimum absolute atomic E-state index is 0.198. The lowest BCUT2D eigenvalue weighted by molar-refractivity contribution is -0.124. The molecule has 3 atom stereocenters. The molecule has 3 unspecified atom stereocenters. The fraction of sp³-hybridized carbons (Fsp3) is 1.00. The lowest BCUT2D eigenvalue weighted by atomic mass is 9.72. The maximum Gasteiger partial charge on any atom is 0.0685 e. The SMILES string of the molecule is CCC(C)C(NN)C1CCOC2(CCCCC2)C1. The Bertz CT molecular complexity index is 245. The average molecular weight is 254 g/mol. The Labute approximate surface area is 112 Å². The van der Waals surface area contributed by atoms with E-state index in [1.807, 2.05) is 0 Å². The molecule has 0 radical (unpaired) electrons. The van der Waals surface area contributed by atoms with Gasteiger partial charge in [0.05, 0.1) is 5.60 Å². The van der Waals surface area contributed by atoms with Gasteiger partial charge in [-0.15, -0.1) is 0 Å². The third-order valence-electron chi connectivity index (χ3n) is 5.25. The molecular formula is C15H30N2O. The van der Waals surface area contributed by atoms with Crippen LogP contribution in [0.4, 0.5) is 0 Å². The molecule has 3 N–H and O–H groups in total. The van der Waals surface area contributed by atoms with Crippen LogP contribution in [-0.4, -0.2) is 18.2 Å². The first-order valence-corrected chi connectivity index (χ1v) is 7.81. The van der Waals surface area contributed by atoms with Gasteiger partial charge in [0.1, 0.15) is 0 Å². The van der Waals surface area contributed by atoms with Crippen LogP contribution in [-0.2, 0) is 4.74 Å². The van der Waals surface area contributed by atoms with Crippen molar-refractivity contribution < 1.29 is 4.74 Å². The summed E-state index contributed by atoms with van der Waals surface area (Å²) in [5.74, 6) is 7.15. The van der Waals surface area contributed by atoms with Gasteiger partial charge < -0.3 is 4.74 Å². The van der Waals surface area contributed by atoms with Gasteiger partial charge in [0, 0.05) is 12.6 Å². The predicted molar refractivity (Wildman–Crippen MR) is 75.1 cm³/mol. The maximum atomic E-state index is 6.18. The Kier molecular flexibility index (Phi) is 5.05. The van der Waals surface area contributed by atoms with Crippen molar-refractivity contribution in [2.24, 2.45) is 17.7 Å². The molecule has 0 amide bonds. The van der Waals surface area contributed by atoms with Crippen molar-refractivity contribution in [3.8, 4) is 0 Å². The molecule has 0 aromatic carbocycles. The molecule has 0 aromatic heterocycles. The topological polar surface area (TPSA) is 47.3 Å². The standard InChI is InChI=1S/C15H30N2O/c1-3-12(2)14(17-16)13-7-10-18-15(11-13)8-5-4-6-9-15/h12-14,17H,3-11,16H2,1-2H3. The summed E-state index contributed by atoms with van der Waals surface area (Å²) < 4.78 is 6.18. The van der Waals surface area contributed by atoms with Crippen molar-refractivity contribution in [2.75, 3.05) is 6.61 Å². The van der Waals surface area contributed by atoms with E-state index in [1.165, 1.54) is 51.4 Å². The summed E-state index contributed by atoms with van der Waals surface area (Å²) in [5.41, 5.74) is 3.29. The summed E-state index contributed by atoms with van der Waals surface area (Å²) in [6, 6.07) is 0.456. The lowest BCUT2D eigenvalue weighted by Crippen LogP contribution is -2.51. The minimum atomic E-state index is 0.198. The molecule has 1 saturated heterocycles. The van der Waals surface area contributed by atoms with E-state index in [0.717, 1.165) is 6.61 Å². The van der Waals surface area contributed by atoms with Crippen molar-refractivity contribution >= 4 is 0 Å². The molecule has 3 nitrogen and oxygen atoms in total. The number of rotatable bonds is 4. The van der Waals surface area contributed by atoms with Gasteiger partial charge in [0.2, 0.25) is 0 Å². The second kappa shape index (κ2) is 6.36. The van der Waals surface area contributed by atoms with Crippen LogP contribution in [0, 0.1) is 11.8 Å².